The third-order valence-corrected chi connectivity index (χ3v) is 4.48. The zero-order valence-corrected chi connectivity index (χ0v) is 12.9. The highest BCUT2D eigenvalue weighted by Crippen LogP contribution is 2.22. The van der Waals surface area contributed by atoms with Gasteiger partial charge < -0.3 is 10.1 Å². The van der Waals surface area contributed by atoms with Gasteiger partial charge in [0, 0.05) is 42.5 Å². The number of nitrogens with zero attached hydrogens (tertiary/aromatic N) is 2. The van der Waals surface area contributed by atoms with E-state index >= 15 is 0 Å². The van der Waals surface area contributed by atoms with Crippen molar-refractivity contribution in [3.05, 3.63) is 54.0 Å². The Bertz CT molecular complexity index is 630. The van der Waals surface area contributed by atoms with Crippen LogP contribution >= 0.6 is 11.8 Å². The van der Waals surface area contributed by atoms with Gasteiger partial charge in [0.25, 0.3) is 5.91 Å². The summed E-state index contributed by atoms with van der Waals surface area (Å²) < 4.78 is 5.81. The quantitative estimate of drug-likeness (QED) is 0.917. The van der Waals surface area contributed by atoms with Gasteiger partial charge in [0.05, 0.1) is 0 Å². The standard InChI is InChI=1S/C16H17N3O2S/c20-16(19-10-12-2-1-5-17-9-12)13-3-6-18-15(8-13)21-14-4-7-22-11-14/h1-3,5-6,8-9,14H,4,7,10-11H2,(H,19,20)/t14-/m0/s1. The molecule has 6 heteroatoms. The average Bonchev–Trinajstić information content (AvgIpc) is 3.07. The molecule has 114 valence electrons. The Morgan fingerprint density at radius 1 is 1.41 bits per heavy atom. The monoisotopic (exact) mass is 315 g/mol. The average molecular weight is 315 g/mol. The lowest BCUT2D eigenvalue weighted by molar-refractivity contribution is 0.0950. The molecule has 5 nitrogen and oxygen atoms in total. The number of hydrogen-bond donors (Lipinski definition) is 1. The van der Waals surface area contributed by atoms with Gasteiger partial charge in [-0.2, -0.15) is 11.8 Å². The van der Waals surface area contributed by atoms with Gasteiger partial charge in [-0.25, -0.2) is 4.98 Å². The Morgan fingerprint density at radius 3 is 3.14 bits per heavy atom. The number of hydrogen-bond acceptors (Lipinski definition) is 5. The Kier molecular flexibility index (Phi) is 4.90. The molecule has 22 heavy (non-hydrogen) atoms. The highest BCUT2D eigenvalue weighted by Gasteiger charge is 2.18. The van der Waals surface area contributed by atoms with Gasteiger partial charge in [0.2, 0.25) is 5.88 Å². The Labute approximate surface area is 133 Å². The van der Waals surface area contributed by atoms with Crippen molar-refractivity contribution in [1.82, 2.24) is 15.3 Å². The first-order chi connectivity index (χ1) is 10.8. The van der Waals surface area contributed by atoms with E-state index in [1.54, 1.807) is 30.7 Å². The van der Waals surface area contributed by atoms with Crippen LogP contribution in [0.4, 0.5) is 0 Å². The largest absolute Gasteiger partial charge is 0.473 e. The summed E-state index contributed by atoms with van der Waals surface area (Å²) in [7, 11) is 0. The third kappa shape index (κ3) is 3.98. The van der Waals surface area contributed by atoms with Crippen molar-refractivity contribution in [2.24, 2.45) is 0 Å². The molecule has 2 aromatic heterocycles. The van der Waals surface area contributed by atoms with Crippen molar-refractivity contribution in [3.63, 3.8) is 0 Å². The van der Waals surface area contributed by atoms with Crippen LogP contribution in [-0.4, -0.2) is 33.5 Å². The van der Waals surface area contributed by atoms with Crippen molar-refractivity contribution in [2.45, 2.75) is 19.1 Å². The van der Waals surface area contributed by atoms with E-state index in [0.29, 0.717) is 18.0 Å². The van der Waals surface area contributed by atoms with Gasteiger partial charge in [-0.15, -0.1) is 0 Å². The summed E-state index contributed by atoms with van der Waals surface area (Å²) >= 11 is 1.88. The number of rotatable bonds is 5. The van der Waals surface area contributed by atoms with Crippen molar-refractivity contribution >= 4 is 17.7 Å². The topological polar surface area (TPSA) is 64.1 Å². The molecule has 0 bridgehead atoms. The van der Waals surface area contributed by atoms with Crippen LogP contribution in [0.5, 0.6) is 5.88 Å². The van der Waals surface area contributed by atoms with Crippen LogP contribution in [0.25, 0.3) is 0 Å². The molecule has 0 aromatic carbocycles. The van der Waals surface area contributed by atoms with Gasteiger partial charge in [0.1, 0.15) is 6.10 Å². The number of ether oxygens (including phenoxy) is 1. The lowest BCUT2D eigenvalue weighted by Gasteiger charge is -2.12. The van der Waals surface area contributed by atoms with Gasteiger partial charge in [-0.05, 0) is 29.9 Å². The van der Waals surface area contributed by atoms with Crippen molar-refractivity contribution in [1.29, 1.82) is 0 Å². The Morgan fingerprint density at radius 2 is 2.36 bits per heavy atom. The molecule has 0 aliphatic carbocycles. The minimum atomic E-state index is -0.142. The molecule has 0 saturated carbocycles. The maximum absolute atomic E-state index is 12.2. The molecule has 1 fully saturated rings. The van der Waals surface area contributed by atoms with Crippen LogP contribution in [0.2, 0.25) is 0 Å². The van der Waals surface area contributed by atoms with E-state index in [0.717, 1.165) is 23.5 Å². The summed E-state index contributed by atoms with van der Waals surface area (Å²) in [5.74, 6) is 2.48. The summed E-state index contributed by atoms with van der Waals surface area (Å²) in [6.45, 7) is 0.449. The first-order valence-electron chi connectivity index (χ1n) is 7.19. The number of pyridine rings is 2. The number of aromatic nitrogens is 2. The molecule has 0 unspecified atom stereocenters. The smallest absolute Gasteiger partial charge is 0.251 e. The van der Waals surface area contributed by atoms with E-state index in [2.05, 4.69) is 15.3 Å². The summed E-state index contributed by atoms with van der Waals surface area (Å²) in [6.07, 6.45) is 6.28. The van der Waals surface area contributed by atoms with E-state index in [1.807, 2.05) is 23.9 Å². The summed E-state index contributed by atoms with van der Waals surface area (Å²) in [5.41, 5.74) is 1.52. The van der Waals surface area contributed by atoms with Crippen LogP contribution in [0.3, 0.4) is 0 Å². The SMILES string of the molecule is O=C(NCc1cccnc1)c1ccnc(O[C@H]2CCSC2)c1. The normalized spacial score (nSPS) is 17.2. The summed E-state index contributed by atoms with van der Waals surface area (Å²) in [6, 6.07) is 7.15. The molecular weight excluding hydrogens is 298 g/mol. The highest BCUT2D eigenvalue weighted by molar-refractivity contribution is 7.99. The predicted octanol–water partition coefficient (Wildman–Crippen LogP) is 2.29. The summed E-state index contributed by atoms with van der Waals surface area (Å²) in [4.78, 5) is 20.4. The van der Waals surface area contributed by atoms with Gasteiger partial charge in [-0.3, -0.25) is 9.78 Å². The van der Waals surface area contributed by atoms with Crippen LogP contribution in [0.1, 0.15) is 22.3 Å². The fourth-order valence-corrected chi connectivity index (χ4v) is 3.27. The zero-order chi connectivity index (χ0) is 15.2. The fraction of sp³-hybridized carbons (Fsp3) is 0.312. The fourth-order valence-electron chi connectivity index (χ4n) is 2.18. The molecule has 1 aliphatic rings. The first kappa shape index (κ1) is 14.8. The van der Waals surface area contributed by atoms with Crippen molar-refractivity contribution < 1.29 is 9.53 Å². The molecule has 0 spiro atoms. The van der Waals surface area contributed by atoms with E-state index in [9.17, 15) is 4.79 Å². The van der Waals surface area contributed by atoms with Gasteiger partial charge >= 0.3 is 0 Å². The molecule has 1 saturated heterocycles. The lowest BCUT2D eigenvalue weighted by Crippen LogP contribution is -2.23. The maximum atomic E-state index is 12.2. The second kappa shape index (κ2) is 7.26. The predicted molar refractivity (Wildman–Crippen MR) is 86.0 cm³/mol. The van der Waals surface area contributed by atoms with Gasteiger partial charge in [0.15, 0.2) is 0 Å². The van der Waals surface area contributed by atoms with E-state index in [-0.39, 0.29) is 12.0 Å². The maximum Gasteiger partial charge on any atom is 0.251 e. The minimum absolute atomic E-state index is 0.142. The third-order valence-electron chi connectivity index (χ3n) is 3.35. The molecule has 3 rings (SSSR count). The molecule has 1 aliphatic heterocycles. The van der Waals surface area contributed by atoms with Crippen LogP contribution < -0.4 is 10.1 Å². The Hall–Kier alpha value is -2.08. The molecule has 0 radical (unpaired) electrons. The number of amides is 1. The Balaban J connectivity index is 1.59. The second-order valence-corrected chi connectivity index (χ2v) is 6.18. The molecular formula is C16H17N3O2S. The number of carbonyl (C=O) groups is 1. The molecule has 1 amide bonds. The minimum Gasteiger partial charge on any atom is -0.473 e. The lowest BCUT2D eigenvalue weighted by atomic mass is 10.2. The second-order valence-electron chi connectivity index (χ2n) is 5.03. The number of carbonyl (C=O) groups excluding carboxylic acids is 1. The van der Waals surface area contributed by atoms with Crippen LogP contribution in [-0.2, 0) is 6.54 Å². The summed E-state index contributed by atoms with van der Waals surface area (Å²) in [5, 5.41) is 2.87. The van der Waals surface area contributed by atoms with E-state index < -0.39 is 0 Å². The van der Waals surface area contributed by atoms with Crippen LogP contribution in [0, 0.1) is 0 Å². The zero-order valence-electron chi connectivity index (χ0n) is 12.1. The molecule has 1 atom stereocenters. The van der Waals surface area contributed by atoms with Gasteiger partial charge in [-0.1, -0.05) is 6.07 Å². The first-order valence-corrected chi connectivity index (χ1v) is 8.34. The number of thioether (sulfide) groups is 1. The number of nitrogens with one attached hydrogen (secondary N) is 1. The van der Waals surface area contributed by atoms with E-state index in [1.165, 1.54) is 0 Å². The molecule has 1 N–H and O–H groups in total. The van der Waals surface area contributed by atoms with E-state index in [4.69, 9.17) is 4.74 Å². The van der Waals surface area contributed by atoms with Crippen molar-refractivity contribution in [2.75, 3.05) is 11.5 Å². The highest BCUT2D eigenvalue weighted by atomic mass is 32.2. The molecule has 3 heterocycles. The van der Waals surface area contributed by atoms with Crippen molar-refractivity contribution in [3.8, 4) is 5.88 Å². The van der Waals surface area contributed by atoms with Crippen LogP contribution in [0.15, 0.2) is 42.9 Å². The molecule has 2 aromatic rings.